The molecule has 0 N–H and O–H groups in total. The lowest BCUT2D eigenvalue weighted by molar-refractivity contribution is 1.05. The van der Waals surface area contributed by atoms with Crippen LogP contribution in [0.2, 0.25) is 0 Å². The Kier molecular flexibility index (Phi) is 3.90. The van der Waals surface area contributed by atoms with Gasteiger partial charge in [0.1, 0.15) is 0 Å². The summed E-state index contributed by atoms with van der Waals surface area (Å²) in [4.78, 5) is 4.31. The number of nitrogens with zero attached hydrogens (tertiary/aromatic N) is 1. The number of hydrogen-bond acceptors (Lipinski definition) is 2. The molecule has 0 bridgehead atoms. The summed E-state index contributed by atoms with van der Waals surface area (Å²) in [5.41, 5.74) is 1.18. The Labute approximate surface area is 83.4 Å². The van der Waals surface area contributed by atoms with Crippen molar-refractivity contribution >= 4 is 21.4 Å². The van der Waals surface area contributed by atoms with Crippen LogP contribution in [0.3, 0.4) is 0 Å². The summed E-state index contributed by atoms with van der Waals surface area (Å²) < 4.78 is 1.28. The van der Waals surface area contributed by atoms with E-state index in [1.54, 1.807) is 11.3 Å². The van der Waals surface area contributed by atoms with E-state index in [2.05, 4.69) is 29.4 Å². The highest BCUT2D eigenvalue weighted by Gasteiger charge is 1.95. The molecule has 0 atom stereocenters. The summed E-state index contributed by atoms with van der Waals surface area (Å²) in [7, 11) is 0. The van der Waals surface area contributed by atoms with Gasteiger partial charge in [-0.2, -0.15) is 0 Å². The number of fused-ring (bicyclic) bond motifs is 1. The third kappa shape index (κ3) is 2.28. The van der Waals surface area contributed by atoms with Crippen LogP contribution >= 0.6 is 11.3 Å². The number of hydrogen-bond donors (Lipinski definition) is 0. The molecule has 0 radical (unpaired) electrons. The van der Waals surface area contributed by atoms with Gasteiger partial charge in [-0.1, -0.05) is 20.8 Å². The van der Waals surface area contributed by atoms with E-state index in [1.807, 2.05) is 20.0 Å². The number of thiophene rings is 1. The lowest BCUT2D eigenvalue weighted by Gasteiger charge is -1.93. The molecule has 2 heteroatoms. The molecule has 0 amide bonds. The van der Waals surface area contributed by atoms with Gasteiger partial charge in [0, 0.05) is 11.9 Å². The molecule has 1 nitrogen and oxygen atoms in total. The van der Waals surface area contributed by atoms with Gasteiger partial charge in [0.2, 0.25) is 0 Å². The third-order valence-electron chi connectivity index (χ3n) is 1.76. The second kappa shape index (κ2) is 4.97. The van der Waals surface area contributed by atoms with Gasteiger partial charge in [-0.25, -0.2) is 0 Å². The summed E-state index contributed by atoms with van der Waals surface area (Å²) in [5, 5.41) is 3.42. The van der Waals surface area contributed by atoms with E-state index in [0.29, 0.717) is 0 Å². The molecule has 0 aliphatic rings. The lowest BCUT2D eigenvalue weighted by atomic mass is 10.2. The number of rotatable bonds is 1. The molecule has 0 aliphatic heterocycles. The molecule has 2 aromatic rings. The van der Waals surface area contributed by atoms with Gasteiger partial charge in [0.15, 0.2) is 0 Å². The molecule has 70 valence electrons. The van der Waals surface area contributed by atoms with Crippen LogP contribution in [0.1, 0.15) is 26.5 Å². The van der Waals surface area contributed by atoms with Crippen molar-refractivity contribution in [3.63, 3.8) is 0 Å². The molecule has 0 aliphatic carbocycles. The average Bonchev–Trinajstić information content (AvgIpc) is 2.67. The van der Waals surface area contributed by atoms with E-state index in [1.165, 1.54) is 15.8 Å². The van der Waals surface area contributed by atoms with Gasteiger partial charge in [-0.3, -0.25) is 4.98 Å². The van der Waals surface area contributed by atoms with Crippen LogP contribution in [0.5, 0.6) is 0 Å². The number of aromatic nitrogens is 1. The van der Waals surface area contributed by atoms with Crippen molar-refractivity contribution in [1.29, 1.82) is 0 Å². The van der Waals surface area contributed by atoms with Crippen molar-refractivity contribution in [1.82, 2.24) is 4.98 Å². The van der Waals surface area contributed by atoms with Crippen molar-refractivity contribution in [3.05, 3.63) is 29.4 Å². The van der Waals surface area contributed by atoms with Gasteiger partial charge < -0.3 is 0 Å². The minimum absolute atomic E-state index is 1.02. The van der Waals surface area contributed by atoms with Gasteiger partial charge in [-0.05, 0) is 29.3 Å². The summed E-state index contributed by atoms with van der Waals surface area (Å²) in [5.74, 6) is 0. The minimum Gasteiger partial charge on any atom is -0.260 e. The van der Waals surface area contributed by atoms with Crippen LogP contribution in [0.4, 0.5) is 0 Å². The van der Waals surface area contributed by atoms with E-state index in [-0.39, 0.29) is 0 Å². The Morgan fingerprint density at radius 2 is 2.15 bits per heavy atom. The van der Waals surface area contributed by atoms with Crippen LogP contribution in [0.25, 0.3) is 10.1 Å². The highest BCUT2D eigenvalue weighted by Crippen LogP contribution is 2.19. The van der Waals surface area contributed by atoms with Crippen molar-refractivity contribution < 1.29 is 0 Å². The zero-order valence-corrected chi connectivity index (χ0v) is 9.19. The minimum atomic E-state index is 1.02. The Balaban J connectivity index is 0.000000396. The van der Waals surface area contributed by atoms with E-state index in [0.717, 1.165) is 6.42 Å². The highest BCUT2D eigenvalue weighted by atomic mass is 32.1. The van der Waals surface area contributed by atoms with E-state index >= 15 is 0 Å². The molecule has 13 heavy (non-hydrogen) atoms. The second-order valence-corrected chi connectivity index (χ2v) is 3.44. The van der Waals surface area contributed by atoms with Crippen LogP contribution in [0, 0.1) is 0 Å². The maximum atomic E-state index is 4.31. The lowest BCUT2D eigenvalue weighted by Crippen LogP contribution is -1.83. The van der Waals surface area contributed by atoms with Crippen LogP contribution < -0.4 is 0 Å². The summed E-state index contributed by atoms with van der Waals surface area (Å²) >= 11 is 1.74. The van der Waals surface area contributed by atoms with Crippen molar-refractivity contribution in [3.8, 4) is 0 Å². The maximum absolute atomic E-state index is 4.31. The Bertz CT molecular complexity index is 365. The van der Waals surface area contributed by atoms with Gasteiger partial charge in [0.05, 0.1) is 4.70 Å². The molecule has 2 heterocycles. The zero-order chi connectivity index (χ0) is 9.68. The molecular weight excluding hydrogens is 178 g/mol. The highest BCUT2D eigenvalue weighted by molar-refractivity contribution is 7.17. The first kappa shape index (κ1) is 10.2. The second-order valence-electron chi connectivity index (χ2n) is 2.49. The SMILES string of the molecule is CC.CCc1cc2ccsc2cn1. The standard InChI is InChI=1S/C9H9NS.C2H6/c1-2-8-5-7-3-4-11-9(7)6-10-8;1-2/h3-6H,2H2,1H3;1-2H3. The molecule has 0 spiro atoms. The van der Waals surface area contributed by atoms with Gasteiger partial charge >= 0.3 is 0 Å². The normalized spacial score (nSPS) is 9.46. The smallest absolute Gasteiger partial charge is 0.0526 e. The monoisotopic (exact) mass is 193 g/mol. The Morgan fingerprint density at radius 3 is 2.85 bits per heavy atom. The number of aryl methyl sites for hydroxylation is 1. The molecule has 0 saturated carbocycles. The Morgan fingerprint density at radius 1 is 1.38 bits per heavy atom. The van der Waals surface area contributed by atoms with E-state index in [9.17, 15) is 0 Å². The molecule has 0 fully saturated rings. The van der Waals surface area contributed by atoms with Gasteiger partial charge in [0.25, 0.3) is 0 Å². The van der Waals surface area contributed by atoms with Gasteiger partial charge in [-0.15, -0.1) is 11.3 Å². The van der Waals surface area contributed by atoms with E-state index in [4.69, 9.17) is 0 Å². The van der Waals surface area contributed by atoms with Crippen molar-refractivity contribution in [2.75, 3.05) is 0 Å². The van der Waals surface area contributed by atoms with Crippen LogP contribution in [-0.2, 0) is 6.42 Å². The third-order valence-corrected chi connectivity index (χ3v) is 2.63. The molecule has 0 aromatic carbocycles. The van der Waals surface area contributed by atoms with Crippen molar-refractivity contribution in [2.45, 2.75) is 27.2 Å². The molecule has 2 aromatic heterocycles. The fourth-order valence-corrected chi connectivity index (χ4v) is 1.84. The van der Waals surface area contributed by atoms with E-state index < -0.39 is 0 Å². The first-order chi connectivity index (χ1) is 6.40. The molecule has 2 rings (SSSR count). The maximum Gasteiger partial charge on any atom is 0.0526 e. The first-order valence-electron chi connectivity index (χ1n) is 4.72. The molecule has 0 unspecified atom stereocenters. The van der Waals surface area contributed by atoms with Crippen LogP contribution in [0.15, 0.2) is 23.7 Å². The zero-order valence-electron chi connectivity index (χ0n) is 8.37. The summed E-state index contributed by atoms with van der Waals surface area (Å²) in [6.07, 6.45) is 2.98. The predicted octanol–water partition coefficient (Wildman–Crippen LogP) is 3.88. The average molecular weight is 193 g/mol. The molecular formula is C11H15NS. The topological polar surface area (TPSA) is 12.9 Å². The summed E-state index contributed by atoms with van der Waals surface area (Å²) in [6, 6.07) is 4.30. The van der Waals surface area contributed by atoms with Crippen LogP contribution in [-0.4, -0.2) is 4.98 Å². The predicted molar refractivity (Wildman–Crippen MR) is 60.3 cm³/mol. The summed E-state index contributed by atoms with van der Waals surface area (Å²) in [6.45, 7) is 6.13. The molecule has 0 saturated heterocycles. The first-order valence-corrected chi connectivity index (χ1v) is 5.60. The quantitative estimate of drug-likeness (QED) is 0.669. The Hall–Kier alpha value is -0.890. The number of pyridine rings is 1. The fraction of sp³-hybridized carbons (Fsp3) is 0.364. The largest absolute Gasteiger partial charge is 0.260 e. The van der Waals surface area contributed by atoms with Crippen molar-refractivity contribution in [2.24, 2.45) is 0 Å². The fourth-order valence-electron chi connectivity index (χ4n) is 1.11.